The zero-order valence-electron chi connectivity index (χ0n) is 13.4. The summed E-state index contributed by atoms with van der Waals surface area (Å²) in [5.41, 5.74) is 0.823. The van der Waals surface area contributed by atoms with Crippen molar-refractivity contribution in [3.63, 3.8) is 0 Å². The summed E-state index contributed by atoms with van der Waals surface area (Å²) in [5, 5.41) is 14.1. The van der Waals surface area contributed by atoms with E-state index in [1.54, 1.807) is 13.2 Å². The molecule has 0 aromatic heterocycles. The molecule has 0 heterocycles. The molecule has 0 aliphatic rings. The van der Waals surface area contributed by atoms with E-state index in [0.29, 0.717) is 12.3 Å². The molecule has 0 saturated heterocycles. The number of amides is 1. The Balaban J connectivity index is 2.45. The number of hydrogen-bond donors (Lipinski definition) is 1. The third kappa shape index (κ3) is 3.89. The Hall–Kier alpha value is -2.80. The Morgan fingerprint density at radius 1 is 1.30 bits per heavy atom. The maximum atomic E-state index is 12.1. The van der Waals surface area contributed by atoms with Crippen LogP contribution in [0.5, 0.6) is 5.75 Å². The highest BCUT2D eigenvalue weighted by Gasteiger charge is 2.12. The van der Waals surface area contributed by atoms with Crippen molar-refractivity contribution >= 4 is 22.8 Å². The van der Waals surface area contributed by atoms with Crippen molar-refractivity contribution in [2.24, 2.45) is 0 Å². The van der Waals surface area contributed by atoms with Crippen LogP contribution in [0.15, 0.2) is 42.0 Å². The van der Waals surface area contributed by atoms with Crippen molar-refractivity contribution in [2.45, 2.75) is 19.8 Å². The topological polar surface area (TPSA) is 62.1 Å². The van der Waals surface area contributed by atoms with Crippen LogP contribution < -0.4 is 10.1 Å². The van der Waals surface area contributed by atoms with Gasteiger partial charge in [-0.05, 0) is 29.3 Å². The molecule has 0 bridgehead atoms. The number of carbonyl (C=O) groups excluding carboxylic acids is 1. The summed E-state index contributed by atoms with van der Waals surface area (Å²) in [5.74, 6) is 0.286. The number of unbranched alkanes of at least 4 members (excludes halogenated alkanes) is 1. The van der Waals surface area contributed by atoms with E-state index in [1.807, 2.05) is 49.4 Å². The highest BCUT2D eigenvalue weighted by molar-refractivity contribution is 6.04. The van der Waals surface area contributed by atoms with Crippen molar-refractivity contribution in [3.05, 3.63) is 47.5 Å². The van der Waals surface area contributed by atoms with E-state index in [4.69, 9.17) is 4.74 Å². The number of nitrogens with one attached hydrogen (secondary N) is 1. The first-order chi connectivity index (χ1) is 11.2. The summed E-state index contributed by atoms with van der Waals surface area (Å²) in [7, 11) is 1.58. The van der Waals surface area contributed by atoms with Gasteiger partial charge < -0.3 is 10.1 Å². The molecule has 2 rings (SSSR count). The Morgan fingerprint density at radius 3 is 2.78 bits per heavy atom. The molecule has 4 nitrogen and oxygen atoms in total. The molecule has 0 saturated carbocycles. The SMILES string of the molecule is CCCCNC(=O)/C(C#N)=C/c1c(OC)ccc2ccccc12. The van der Waals surface area contributed by atoms with E-state index in [2.05, 4.69) is 5.32 Å². The third-order valence-electron chi connectivity index (χ3n) is 3.62. The summed E-state index contributed by atoms with van der Waals surface area (Å²) < 4.78 is 5.39. The van der Waals surface area contributed by atoms with Crippen LogP contribution in [-0.4, -0.2) is 19.6 Å². The lowest BCUT2D eigenvalue weighted by Gasteiger charge is -2.10. The van der Waals surface area contributed by atoms with Gasteiger partial charge in [0.15, 0.2) is 0 Å². The van der Waals surface area contributed by atoms with E-state index < -0.39 is 0 Å². The summed E-state index contributed by atoms with van der Waals surface area (Å²) in [6.45, 7) is 2.62. The number of methoxy groups -OCH3 is 1. The molecule has 0 aliphatic heterocycles. The minimum absolute atomic E-state index is 0.0794. The van der Waals surface area contributed by atoms with Crippen molar-refractivity contribution in [1.82, 2.24) is 5.32 Å². The van der Waals surface area contributed by atoms with Crippen LogP contribution >= 0.6 is 0 Å². The molecule has 1 N–H and O–H groups in total. The summed E-state index contributed by atoms with van der Waals surface area (Å²) in [6, 6.07) is 13.6. The molecule has 0 spiro atoms. The average Bonchev–Trinajstić information content (AvgIpc) is 2.59. The summed E-state index contributed by atoms with van der Waals surface area (Å²) in [6.07, 6.45) is 3.48. The predicted molar refractivity (Wildman–Crippen MR) is 92.0 cm³/mol. The van der Waals surface area contributed by atoms with Gasteiger partial charge >= 0.3 is 0 Å². The molecule has 0 radical (unpaired) electrons. The van der Waals surface area contributed by atoms with Crippen molar-refractivity contribution in [3.8, 4) is 11.8 Å². The molecule has 0 fully saturated rings. The number of carbonyl (C=O) groups is 1. The Bertz CT molecular complexity index is 773. The Labute approximate surface area is 136 Å². The van der Waals surface area contributed by atoms with Crippen LogP contribution in [0.2, 0.25) is 0 Å². The molecular formula is C19H20N2O2. The monoisotopic (exact) mass is 308 g/mol. The first-order valence-electron chi connectivity index (χ1n) is 7.67. The number of fused-ring (bicyclic) bond motifs is 1. The average molecular weight is 308 g/mol. The van der Waals surface area contributed by atoms with Crippen LogP contribution in [-0.2, 0) is 4.79 Å². The van der Waals surface area contributed by atoms with Gasteiger partial charge in [-0.3, -0.25) is 4.79 Å². The van der Waals surface area contributed by atoms with Crippen molar-refractivity contribution in [2.75, 3.05) is 13.7 Å². The molecule has 23 heavy (non-hydrogen) atoms. The van der Waals surface area contributed by atoms with Crippen molar-refractivity contribution < 1.29 is 9.53 Å². The normalized spacial score (nSPS) is 11.1. The van der Waals surface area contributed by atoms with Crippen LogP contribution in [0.1, 0.15) is 25.3 Å². The molecule has 1 amide bonds. The standard InChI is InChI=1S/C19H20N2O2/c1-3-4-11-21-19(22)15(13-20)12-17-16-8-6-5-7-14(16)9-10-18(17)23-2/h5-10,12H,3-4,11H2,1-2H3,(H,21,22)/b15-12+. The maximum Gasteiger partial charge on any atom is 0.261 e. The fraction of sp³-hybridized carbons (Fsp3) is 0.263. The zero-order chi connectivity index (χ0) is 16.7. The lowest BCUT2D eigenvalue weighted by molar-refractivity contribution is -0.117. The number of benzene rings is 2. The second-order valence-electron chi connectivity index (χ2n) is 5.18. The van der Waals surface area contributed by atoms with Crippen LogP contribution in [0.4, 0.5) is 0 Å². The summed E-state index contributed by atoms with van der Waals surface area (Å²) >= 11 is 0. The van der Waals surface area contributed by atoms with Gasteiger partial charge in [0.25, 0.3) is 5.91 Å². The van der Waals surface area contributed by atoms with Gasteiger partial charge in [0.2, 0.25) is 0 Å². The highest BCUT2D eigenvalue weighted by Crippen LogP contribution is 2.30. The first-order valence-corrected chi connectivity index (χ1v) is 7.67. The van der Waals surface area contributed by atoms with Gasteiger partial charge in [0, 0.05) is 12.1 Å². The van der Waals surface area contributed by atoms with E-state index in [1.165, 1.54) is 0 Å². The zero-order valence-corrected chi connectivity index (χ0v) is 13.4. The van der Waals surface area contributed by atoms with E-state index >= 15 is 0 Å². The van der Waals surface area contributed by atoms with E-state index in [0.717, 1.165) is 29.2 Å². The van der Waals surface area contributed by atoms with Gasteiger partial charge in [0.05, 0.1) is 7.11 Å². The molecular weight excluding hydrogens is 288 g/mol. The molecule has 4 heteroatoms. The van der Waals surface area contributed by atoms with E-state index in [-0.39, 0.29) is 11.5 Å². The number of nitrogens with zero attached hydrogens (tertiary/aromatic N) is 1. The second-order valence-corrected chi connectivity index (χ2v) is 5.18. The van der Waals surface area contributed by atoms with Crippen molar-refractivity contribution in [1.29, 1.82) is 5.26 Å². The van der Waals surface area contributed by atoms with Gasteiger partial charge in [0.1, 0.15) is 17.4 Å². The van der Waals surface area contributed by atoms with Crippen LogP contribution in [0, 0.1) is 11.3 Å². The maximum absolute atomic E-state index is 12.1. The predicted octanol–water partition coefficient (Wildman–Crippen LogP) is 3.67. The van der Waals surface area contributed by atoms with E-state index in [9.17, 15) is 10.1 Å². The highest BCUT2D eigenvalue weighted by atomic mass is 16.5. The molecule has 2 aromatic carbocycles. The molecule has 0 aliphatic carbocycles. The largest absolute Gasteiger partial charge is 0.496 e. The number of nitriles is 1. The third-order valence-corrected chi connectivity index (χ3v) is 3.62. The van der Waals surface area contributed by atoms with Gasteiger partial charge in [-0.1, -0.05) is 43.7 Å². The number of hydrogen-bond acceptors (Lipinski definition) is 3. The second kappa shape index (κ2) is 8.00. The number of rotatable bonds is 6. The Kier molecular flexibility index (Phi) is 5.76. The first kappa shape index (κ1) is 16.6. The lowest BCUT2D eigenvalue weighted by Crippen LogP contribution is -2.25. The minimum atomic E-state index is -0.351. The Morgan fingerprint density at radius 2 is 2.09 bits per heavy atom. The molecule has 118 valence electrons. The van der Waals surface area contributed by atoms with Gasteiger partial charge in [-0.15, -0.1) is 0 Å². The smallest absolute Gasteiger partial charge is 0.261 e. The lowest BCUT2D eigenvalue weighted by atomic mass is 10.0. The number of ether oxygens (including phenoxy) is 1. The summed E-state index contributed by atoms with van der Waals surface area (Å²) in [4.78, 5) is 12.1. The van der Waals surface area contributed by atoms with Gasteiger partial charge in [-0.25, -0.2) is 0 Å². The minimum Gasteiger partial charge on any atom is -0.496 e. The van der Waals surface area contributed by atoms with Crippen LogP contribution in [0.25, 0.3) is 16.8 Å². The fourth-order valence-corrected chi connectivity index (χ4v) is 2.37. The van der Waals surface area contributed by atoms with Crippen LogP contribution in [0.3, 0.4) is 0 Å². The quantitative estimate of drug-likeness (QED) is 0.503. The molecule has 0 atom stereocenters. The fourth-order valence-electron chi connectivity index (χ4n) is 2.37. The molecule has 2 aromatic rings. The molecule has 0 unspecified atom stereocenters. The van der Waals surface area contributed by atoms with Gasteiger partial charge in [-0.2, -0.15) is 5.26 Å².